The summed E-state index contributed by atoms with van der Waals surface area (Å²) in [6.45, 7) is 5.68. The van der Waals surface area contributed by atoms with Gasteiger partial charge in [0.05, 0.1) is 18.4 Å². The second kappa shape index (κ2) is 6.42. The van der Waals surface area contributed by atoms with Gasteiger partial charge in [0.2, 0.25) is 0 Å². The number of rotatable bonds is 4. The van der Waals surface area contributed by atoms with Crippen molar-refractivity contribution in [2.75, 3.05) is 6.61 Å². The fourth-order valence-electron chi connectivity index (χ4n) is 3.21. The number of hydrogen-bond donors (Lipinski definition) is 1. The van der Waals surface area contributed by atoms with Gasteiger partial charge < -0.3 is 14.5 Å². The lowest BCUT2D eigenvalue weighted by molar-refractivity contribution is 0.0525. The van der Waals surface area contributed by atoms with Gasteiger partial charge in [0.15, 0.2) is 17.3 Å². The molecule has 6 nitrogen and oxygen atoms in total. The molecule has 0 unspecified atom stereocenters. The van der Waals surface area contributed by atoms with Crippen LogP contribution in [0.25, 0.3) is 16.4 Å². The molecule has 0 aliphatic heterocycles. The molecule has 0 radical (unpaired) electrons. The molecule has 7 heteroatoms. The Morgan fingerprint density at radius 1 is 1.26 bits per heavy atom. The number of ether oxygens (including phenoxy) is 2. The molecule has 3 aromatic heterocycles. The highest BCUT2D eigenvalue weighted by atomic mass is 19.1. The van der Waals surface area contributed by atoms with E-state index < -0.39 is 11.8 Å². The normalized spacial score (nSPS) is 11.3. The Hall–Kier alpha value is -3.35. The number of halogens is 1. The summed E-state index contributed by atoms with van der Waals surface area (Å²) in [6, 6.07) is 6.73. The van der Waals surface area contributed by atoms with Crippen molar-refractivity contribution in [3.8, 4) is 11.5 Å². The molecule has 0 bridgehead atoms. The van der Waals surface area contributed by atoms with Gasteiger partial charge in [0, 0.05) is 28.9 Å². The highest BCUT2D eigenvalue weighted by molar-refractivity contribution is 5.94. The zero-order valence-electron chi connectivity index (χ0n) is 15.2. The summed E-state index contributed by atoms with van der Waals surface area (Å²) in [4.78, 5) is 15.2. The molecule has 0 fully saturated rings. The van der Waals surface area contributed by atoms with Crippen molar-refractivity contribution in [3.63, 3.8) is 0 Å². The molecule has 3 heterocycles. The number of carbonyl (C=O) groups excluding carboxylic acids is 1. The number of aryl methyl sites for hydroxylation is 2. The first-order valence-corrected chi connectivity index (χ1v) is 8.59. The average Bonchev–Trinajstić information content (AvgIpc) is 3.19. The maximum atomic E-state index is 14.9. The molecule has 4 rings (SSSR count). The molecule has 0 aliphatic carbocycles. The molecule has 1 N–H and O–H groups in total. The van der Waals surface area contributed by atoms with Crippen LogP contribution in [-0.4, -0.2) is 27.2 Å². The van der Waals surface area contributed by atoms with Crippen LogP contribution in [0.2, 0.25) is 0 Å². The SMILES string of the molecule is CCOC(=O)c1cn2nccc(Oc3ccc4[nH]c(C)cc4c3F)c2c1C. The number of esters is 1. The minimum atomic E-state index is -0.443. The lowest BCUT2D eigenvalue weighted by Crippen LogP contribution is -2.04. The Morgan fingerprint density at radius 2 is 2.07 bits per heavy atom. The van der Waals surface area contributed by atoms with E-state index in [0.717, 1.165) is 5.69 Å². The highest BCUT2D eigenvalue weighted by Crippen LogP contribution is 2.34. The molecule has 0 aliphatic rings. The standard InChI is InChI=1S/C20H18FN3O3/c1-4-26-20(25)14-10-24-19(12(14)3)17(7-8-22-24)27-16-6-5-15-13(18(16)21)9-11(2)23-15/h5-10,23H,4H2,1-3H3. The highest BCUT2D eigenvalue weighted by Gasteiger charge is 2.20. The van der Waals surface area contributed by atoms with Crippen molar-refractivity contribution < 1.29 is 18.7 Å². The van der Waals surface area contributed by atoms with Crippen LogP contribution in [0, 0.1) is 19.7 Å². The third kappa shape index (κ3) is 2.81. The lowest BCUT2D eigenvalue weighted by atomic mass is 10.2. The Bertz CT molecular complexity index is 1180. The van der Waals surface area contributed by atoms with Crippen molar-refractivity contribution in [1.29, 1.82) is 0 Å². The fourth-order valence-corrected chi connectivity index (χ4v) is 3.21. The first-order valence-electron chi connectivity index (χ1n) is 8.59. The fraction of sp³-hybridized carbons (Fsp3) is 0.200. The van der Waals surface area contributed by atoms with E-state index in [4.69, 9.17) is 9.47 Å². The smallest absolute Gasteiger partial charge is 0.340 e. The number of nitrogens with one attached hydrogen (secondary N) is 1. The number of benzene rings is 1. The van der Waals surface area contributed by atoms with Crippen LogP contribution in [0.15, 0.2) is 36.7 Å². The Kier molecular flexibility index (Phi) is 4.07. The molecular weight excluding hydrogens is 349 g/mol. The number of nitrogens with zero attached hydrogens (tertiary/aromatic N) is 2. The van der Waals surface area contributed by atoms with Gasteiger partial charge in [-0.3, -0.25) is 0 Å². The maximum absolute atomic E-state index is 14.9. The Morgan fingerprint density at radius 3 is 2.85 bits per heavy atom. The van der Waals surface area contributed by atoms with E-state index in [1.807, 2.05) is 6.92 Å². The summed E-state index contributed by atoms with van der Waals surface area (Å²) in [5.41, 5.74) is 3.23. The van der Waals surface area contributed by atoms with Gasteiger partial charge in [-0.25, -0.2) is 13.7 Å². The van der Waals surface area contributed by atoms with Crippen LogP contribution in [0.5, 0.6) is 11.5 Å². The van der Waals surface area contributed by atoms with Crippen LogP contribution in [0.1, 0.15) is 28.5 Å². The number of hydrogen-bond acceptors (Lipinski definition) is 4. The van der Waals surface area contributed by atoms with E-state index in [2.05, 4.69) is 10.1 Å². The summed E-state index contributed by atoms with van der Waals surface area (Å²) >= 11 is 0. The van der Waals surface area contributed by atoms with Crippen molar-refractivity contribution in [3.05, 3.63) is 59.3 Å². The minimum absolute atomic E-state index is 0.105. The Labute approximate surface area is 154 Å². The second-order valence-electron chi connectivity index (χ2n) is 6.27. The molecule has 138 valence electrons. The second-order valence-corrected chi connectivity index (χ2v) is 6.27. The number of carbonyl (C=O) groups is 1. The van der Waals surface area contributed by atoms with E-state index in [0.29, 0.717) is 33.3 Å². The number of H-pyrrole nitrogens is 1. The van der Waals surface area contributed by atoms with E-state index in [9.17, 15) is 9.18 Å². The summed E-state index contributed by atoms with van der Waals surface area (Å²) in [6.07, 6.45) is 3.12. The van der Waals surface area contributed by atoms with Gasteiger partial charge in [0.25, 0.3) is 0 Å². The average molecular weight is 367 g/mol. The van der Waals surface area contributed by atoms with Crippen molar-refractivity contribution in [1.82, 2.24) is 14.6 Å². The maximum Gasteiger partial charge on any atom is 0.340 e. The first-order chi connectivity index (χ1) is 13.0. The predicted octanol–water partition coefficient (Wildman–Crippen LogP) is 4.54. The summed E-state index contributed by atoms with van der Waals surface area (Å²) < 4.78 is 27.4. The summed E-state index contributed by atoms with van der Waals surface area (Å²) in [7, 11) is 0. The summed E-state index contributed by atoms with van der Waals surface area (Å²) in [5, 5.41) is 4.68. The van der Waals surface area contributed by atoms with Gasteiger partial charge in [-0.05, 0) is 44.5 Å². The number of fused-ring (bicyclic) bond motifs is 2. The van der Waals surface area contributed by atoms with Crippen LogP contribution >= 0.6 is 0 Å². The first kappa shape index (κ1) is 17.1. The van der Waals surface area contributed by atoms with Gasteiger partial charge in [-0.2, -0.15) is 5.10 Å². The van der Waals surface area contributed by atoms with Crippen molar-refractivity contribution in [2.45, 2.75) is 20.8 Å². The summed E-state index contributed by atoms with van der Waals surface area (Å²) in [5.74, 6) is -0.361. The molecular formula is C20H18FN3O3. The number of aromatic nitrogens is 3. The zero-order chi connectivity index (χ0) is 19.1. The van der Waals surface area contributed by atoms with Gasteiger partial charge >= 0.3 is 5.97 Å². The van der Waals surface area contributed by atoms with Crippen molar-refractivity contribution in [2.24, 2.45) is 0 Å². The third-order valence-corrected chi connectivity index (χ3v) is 4.44. The molecule has 27 heavy (non-hydrogen) atoms. The third-order valence-electron chi connectivity index (χ3n) is 4.44. The van der Waals surface area contributed by atoms with E-state index in [-0.39, 0.29) is 12.4 Å². The molecule has 0 saturated heterocycles. The van der Waals surface area contributed by atoms with E-state index in [1.54, 1.807) is 44.3 Å². The topological polar surface area (TPSA) is 68.6 Å². The van der Waals surface area contributed by atoms with Gasteiger partial charge in [0.1, 0.15) is 5.52 Å². The molecule has 0 spiro atoms. The molecule has 0 amide bonds. The quantitative estimate of drug-likeness (QED) is 0.538. The lowest BCUT2D eigenvalue weighted by Gasteiger charge is -2.09. The van der Waals surface area contributed by atoms with Crippen LogP contribution in [0.3, 0.4) is 0 Å². The van der Waals surface area contributed by atoms with Crippen LogP contribution in [-0.2, 0) is 4.74 Å². The van der Waals surface area contributed by atoms with Crippen LogP contribution < -0.4 is 4.74 Å². The van der Waals surface area contributed by atoms with E-state index in [1.165, 1.54) is 10.7 Å². The number of aromatic amines is 1. The molecule has 0 atom stereocenters. The Balaban J connectivity index is 1.80. The van der Waals surface area contributed by atoms with E-state index >= 15 is 0 Å². The zero-order valence-corrected chi connectivity index (χ0v) is 15.2. The van der Waals surface area contributed by atoms with Crippen LogP contribution in [0.4, 0.5) is 4.39 Å². The molecule has 0 saturated carbocycles. The van der Waals surface area contributed by atoms with Gasteiger partial charge in [-0.15, -0.1) is 0 Å². The van der Waals surface area contributed by atoms with Crippen molar-refractivity contribution >= 4 is 22.4 Å². The largest absolute Gasteiger partial charge is 0.462 e. The monoisotopic (exact) mass is 367 g/mol. The predicted molar refractivity (Wildman–Crippen MR) is 99.0 cm³/mol. The minimum Gasteiger partial charge on any atom is -0.462 e. The molecule has 1 aromatic carbocycles. The van der Waals surface area contributed by atoms with Gasteiger partial charge in [-0.1, -0.05) is 0 Å². The molecule has 4 aromatic rings.